The lowest BCUT2D eigenvalue weighted by atomic mass is 10.3. The number of ether oxygens (including phenoxy) is 1. The second-order valence-corrected chi connectivity index (χ2v) is 2.82. The van der Waals surface area contributed by atoms with Gasteiger partial charge in [0.2, 0.25) is 0 Å². The minimum absolute atomic E-state index is 0. The average Bonchev–Trinajstić information content (AvgIpc) is 2.18. The molecule has 78 valence electrons. The van der Waals surface area contributed by atoms with E-state index in [2.05, 4.69) is 11.7 Å². The van der Waals surface area contributed by atoms with Crippen LogP contribution in [0.2, 0.25) is 0 Å². The molecule has 0 bridgehead atoms. The van der Waals surface area contributed by atoms with E-state index in [-0.39, 0.29) is 29.9 Å². The molecule has 0 saturated carbocycles. The summed E-state index contributed by atoms with van der Waals surface area (Å²) in [6, 6.07) is 3.53. The molecule has 0 aliphatic carbocycles. The molecular formula is C10H14INO2. The number of aromatic nitrogens is 1. The summed E-state index contributed by atoms with van der Waals surface area (Å²) in [5, 5.41) is 0. The lowest BCUT2D eigenvalue weighted by Crippen LogP contribution is -3.00. The third-order valence-electron chi connectivity index (χ3n) is 1.79. The van der Waals surface area contributed by atoms with Gasteiger partial charge in [0.05, 0.1) is 12.7 Å². The van der Waals surface area contributed by atoms with E-state index < -0.39 is 0 Å². The number of esters is 1. The molecule has 1 aromatic rings. The van der Waals surface area contributed by atoms with Gasteiger partial charge in [-0.3, -0.25) is 0 Å². The Morgan fingerprint density at radius 3 is 2.43 bits per heavy atom. The fraction of sp³-hybridized carbons (Fsp3) is 0.400. The first-order valence-corrected chi connectivity index (χ1v) is 4.35. The largest absolute Gasteiger partial charge is 1.00 e. The van der Waals surface area contributed by atoms with Crippen LogP contribution in [0.15, 0.2) is 24.5 Å². The van der Waals surface area contributed by atoms with Gasteiger partial charge in [-0.2, -0.15) is 0 Å². The molecule has 0 unspecified atom stereocenters. The average molecular weight is 307 g/mol. The second kappa shape index (κ2) is 6.75. The van der Waals surface area contributed by atoms with Crippen LogP contribution in [0.3, 0.4) is 0 Å². The molecule has 0 aliphatic rings. The number of pyridine rings is 1. The van der Waals surface area contributed by atoms with E-state index in [1.165, 1.54) is 7.11 Å². The molecule has 1 aromatic heterocycles. The Bertz CT molecular complexity index is 285. The summed E-state index contributed by atoms with van der Waals surface area (Å²) in [7, 11) is 1.38. The van der Waals surface area contributed by atoms with Gasteiger partial charge in [0.1, 0.15) is 6.54 Å². The van der Waals surface area contributed by atoms with Crippen LogP contribution in [0.25, 0.3) is 0 Å². The van der Waals surface area contributed by atoms with E-state index in [1.54, 1.807) is 12.1 Å². The van der Waals surface area contributed by atoms with Gasteiger partial charge in [-0.05, 0) is 0 Å². The molecule has 3 nitrogen and oxygen atoms in total. The van der Waals surface area contributed by atoms with Crippen molar-refractivity contribution in [2.75, 3.05) is 7.11 Å². The van der Waals surface area contributed by atoms with Crippen LogP contribution in [0.1, 0.15) is 23.7 Å². The molecule has 0 amide bonds. The van der Waals surface area contributed by atoms with Crippen LogP contribution in [0.5, 0.6) is 0 Å². The van der Waals surface area contributed by atoms with Crippen molar-refractivity contribution in [3.05, 3.63) is 30.1 Å². The van der Waals surface area contributed by atoms with Gasteiger partial charge in [-0.15, -0.1) is 0 Å². The van der Waals surface area contributed by atoms with E-state index in [4.69, 9.17) is 0 Å². The highest BCUT2D eigenvalue weighted by Gasteiger charge is 2.06. The summed E-state index contributed by atoms with van der Waals surface area (Å²) in [5.41, 5.74) is 0.592. The molecule has 0 saturated heterocycles. The summed E-state index contributed by atoms with van der Waals surface area (Å²) in [6.07, 6.45) is 4.85. The first-order chi connectivity index (χ1) is 6.27. The molecular weight excluding hydrogens is 293 g/mol. The molecule has 4 heteroatoms. The first-order valence-electron chi connectivity index (χ1n) is 4.35. The minimum atomic E-state index is -0.288. The Morgan fingerprint density at radius 1 is 1.43 bits per heavy atom. The summed E-state index contributed by atoms with van der Waals surface area (Å²) in [4.78, 5) is 11.1. The summed E-state index contributed by atoms with van der Waals surface area (Å²) >= 11 is 0. The third-order valence-corrected chi connectivity index (χ3v) is 1.79. The maximum absolute atomic E-state index is 11.1. The standard InChI is InChI=1S/C10H14NO2.HI/c1-3-6-11-7-4-9(5-8-11)10(12)13-2;/h4-5,7-8H,3,6H2,1-2H3;1H/q+1;/p-1. The number of rotatable bonds is 3. The van der Waals surface area contributed by atoms with Crippen molar-refractivity contribution in [1.29, 1.82) is 0 Å². The van der Waals surface area contributed by atoms with Gasteiger partial charge < -0.3 is 28.7 Å². The molecule has 0 N–H and O–H groups in total. The fourth-order valence-corrected chi connectivity index (χ4v) is 1.12. The van der Waals surface area contributed by atoms with Crippen molar-refractivity contribution in [2.45, 2.75) is 19.9 Å². The van der Waals surface area contributed by atoms with Gasteiger partial charge in [-0.25, -0.2) is 9.36 Å². The van der Waals surface area contributed by atoms with E-state index in [1.807, 2.05) is 17.0 Å². The van der Waals surface area contributed by atoms with Crippen LogP contribution in [-0.2, 0) is 11.3 Å². The number of halogens is 1. The number of carbonyl (C=O) groups excluding carboxylic acids is 1. The van der Waals surface area contributed by atoms with E-state index >= 15 is 0 Å². The molecule has 0 radical (unpaired) electrons. The normalized spacial score (nSPS) is 9.00. The van der Waals surface area contributed by atoms with Crippen molar-refractivity contribution in [1.82, 2.24) is 0 Å². The summed E-state index contributed by atoms with van der Waals surface area (Å²) < 4.78 is 6.62. The molecule has 0 aliphatic heterocycles. The highest BCUT2D eigenvalue weighted by Crippen LogP contribution is 1.96. The Kier molecular flexibility index (Phi) is 6.44. The van der Waals surface area contributed by atoms with E-state index in [0.717, 1.165) is 13.0 Å². The van der Waals surface area contributed by atoms with E-state index in [0.29, 0.717) is 5.56 Å². The second-order valence-electron chi connectivity index (χ2n) is 2.82. The molecule has 1 rings (SSSR count). The predicted octanol–water partition coefficient (Wildman–Crippen LogP) is -1.83. The molecule has 0 atom stereocenters. The van der Waals surface area contributed by atoms with Gasteiger partial charge >= 0.3 is 5.97 Å². The fourth-order valence-electron chi connectivity index (χ4n) is 1.12. The number of aryl methyl sites for hydroxylation is 1. The molecule has 14 heavy (non-hydrogen) atoms. The Labute approximate surface area is 101 Å². The smallest absolute Gasteiger partial charge is 0.338 e. The van der Waals surface area contributed by atoms with Crippen molar-refractivity contribution < 1.29 is 38.1 Å². The zero-order valence-electron chi connectivity index (χ0n) is 8.37. The van der Waals surface area contributed by atoms with Gasteiger partial charge in [0, 0.05) is 18.6 Å². The topological polar surface area (TPSA) is 30.2 Å². The Balaban J connectivity index is 0.00000169. The van der Waals surface area contributed by atoms with Crippen LogP contribution < -0.4 is 28.5 Å². The lowest BCUT2D eigenvalue weighted by Gasteiger charge is -1.97. The summed E-state index contributed by atoms with van der Waals surface area (Å²) in [5.74, 6) is -0.288. The van der Waals surface area contributed by atoms with Crippen LogP contribution in [-0.4, -0.2) is 13.1 Å². The zero-order chi connectivity index (χ0) is 9.68. The maximum atomic E-state index is 11.1. The van der Waals surface area contributed by atoms with Crippen molar-refractivity contribution in [3.8, 4) is 0 Å². The Hall–Kier alpha value is -0.650. The lowest BCUT2D eigenvalue weighted by molar-refractivity contribution is -0.697. The molecule has 0 fully saturated rings. The number of methoxy groups -OCH3 is 1. The van der Waals surface area contributed by atoms with Gasteiger partial charge in [-0.1, -0.05) is 6.92 Å². The van der Waals surface area contributed by atoms with Crippen LogP contribution in [0.4, 0.5) is 0 Å². The first kappa shape index (κ1) is 13.4. The number of nitrogens with zero attached hydrogens (tertiary/aromatic N) is 1. The van der Waals surface area contributed by atoms with Crippen LogP contribution >= 0.6 is 0 Å². The van der Waals surface area contributed by atoms with Gasteiger partial charge in [0.25, 0.3) is 0 Å². The predicted molar refractivity (Wildman–Crippen MR) is 48.3 cm³/mol. The quantitative estimate of drug-likeness (QED) is 0.374. The zero-order valence-corrected chi connectivity index (χ0v) is 10.5. The molecule has 0 spiro atoms. The number of hydrogen-bond donors (Lipinski definition) is 0. The van der Waals surface area contributed by atoms with Crippen molar-refractivity contribution in [3.63, 3.8) is 0 Å². The highest BCUT2D eigenvalue weighted by molar-refractivity contribution is 5.88. The SMILES string of the molecule is CCC[n+]1ccc(C(=O)OC)cc1.[I-]. The summed E-state index contributed by atoms with van der Waals surface area (Å²) in [6.45, 7) is 3.09. The Morgan fingerprint density at radius 2 is 2.00 bits per heavy atom. The number of carbonyl (C=O) groups is 1. The van der Waals surface area contributed by atoms with Gasteiger partial charge in [0.15, 0.2) is 12.4 Å². The van der Waals surface area contributed by atoms with Crippen molar-refractivity contribution in [2.24, 2.45) is 0 Å². The van der Waals surface area contributed by atoms with E-state index in [9.17, 15) is 4.79 Å². The van der Waals surface area contributed by atoms with Crippen LogP contribution in [0, 0.1) is 0 Å². The molecule has 1 heterocycles. The molecule has 0 aromatic carbocycles. The highest BCUT2D eigenvalue weighted by atomic mass is 127. The van der Waals surface area contributed by atoms with Crippen molar-refractivity contribution >= 4 is 5.97 Å². The third kappa shape index (κ3) is 3.61. The minimum Gasteiger partial charge on any atom is -1.00 e. The number of hydrogen-bond acceptors (Lipinski definition) is 2. The monoisotopic (exact) mass is 307 g/mol. The maximum Gasteiger partial charge on any atom is 0.338 e.